The summed E-state index contributed by atoms with van der Waals surface area (Å²) in [7, 11) is 0. The number of nitrogens with one attached hydrogen (secondary N) is 1. The van der Waals surface area contributed by atoms with Crippen LogP contribution in [0.5, 0.6) is 0 Å². The molecule has 7 heteroatoms. The summed E-state index contributed by atoms with van der Waals surface area (Å²) in [6.07, 6.45) is 3.49. The van der Waals surface area contributed by atoms with Crippen molar-refractivity contribution in [3.05, 3.63) is 112 Å². The van der Waals surface area contributed by atoms with Gasteiger partial charge in [-0.3, -0.25) is 13.8 Å². The van der Waals surface area contributed by atoms with Crippen LogP contribution in [0.3, 0.4) is 0 Å². The maximum Gasteiger partial charge on any atom is 0.300 e. The topological polar surface area (TPSA) is 64.2 Å². The summed E-state index contributed by atoms with van der Waals surface area (Å²) in [6.45, 7) is 2.43. The van der Waals surface area contributed by atoms with Gasteiger partial charge in [0, 0.05) is 24.0 Å². The van der Waals surface area contributed by atoms with Crippen LogP contribution in [0.4, 0.5) is 5.95 Å². The van der Waals surface area contributed by atoms with E-state index in [4.69, 9.17) is 11.6 Å². The smallest absolute Gasteiger partial charge is 0.300 e. The van der Waals surface area contributed by atoms with Crippen molar-refractivity contribution >= 4 is 23.2 Å². The fourth-order valence-electron chi connectivity index (χ4n) is 3.80. The molecule has 32 heavy (non-hydrogen) atoms. The van der Waals surface area contributed by atoms with E-state index < -0.39 is 0 Å². The molecule has 0 unspecified atom stereocenters. The zero-order chi connectivity index (χ0) is 22.1. The van der Waals surface area contributed by atoms with Crippen LogP contribution in [0.2, 0.25) is 5.02 Å². The van der Waals surface area contributed by atoms with E-state index in [1.54, 1.807) is 27.4 Å². The molecule has 0 atom stereocenters. The first-order valence-electron chi connectivity index (χ1n) is 10.2. The number of aromatic nitrogens is 4. The minimum atomic E-state index is -0.261. The Morgan fingerprint density at radius 2 is 1.69 bits per heavy atom. The Hall–Kier alpha value is -3.90. The number of fused-ring (bicyclic) bond motifs is 1. The van der Waals surface area contributed by atoms with Gasteiger partial charge in [-0.25, -0.2) is 0 Å². The van der Waals surface area contributed by atoms with Crippen LogP contribution < -0.4 is 10.9 Å². The van der Waals surface area contributed by atoms with Crippen LogP contribution in [0.25, 0.3) is 22.5 Å². The largest absolute Gasteiger partial charge is 0.350 e. The van der Waals surface area contributed by atoms with Crippen molar-refractivity contribution in [2.45, 2.75) is 13.5 Å². The molecule has 2 aromatic heterocycles. The van der Waals surface area contributed by atoms with Crippen LogP contribution in [0.1, 0.15) is 11.1 Å². The Bertz CT molecular complexity index is 1470. The van der Waals surface area contributed by atoms with E-state index in [9.17, 15) is 4.79 Å². The molecule has 0 bridgehead atoms. The third kappa shape index (κ3) is 3.55. The van der Waals surface area contributed by atoms with Gasteiger partial charge >= 0.3 is 5.56 Å². The lowest BCUT2D eigenvalue weighted by Gasteiger charge is -2.12. The van der Waals surface area contributed by atoms with Gasteiger partial charge in [-0.15, -0.1) is 10.2 Å². The molecule has 6 nitrogen and oxygen atoms in total. The van der Waals surface area contributed by atoms with Gasteiger partial charge in [-0.05, 0) is 41.3 Å². The molecule has 0 saturated heterocycles. The Balaban J connectivity index is 1.47. The SMILES string of the molecule is Cc1c(Cl)cccc1-n1ccn2c(NCc3ccccc3-c3ccccc3)nnc2c1=O. The zero-order valence-corrected chi connectivity index (χ0v) is 18.1. The molecule has 1 N–H and O–H groups in total. The van der Waals surface area contributed by atoms with Gasteiger partial charge in [-0.1, -0.05) is 72.3 Å². The molecule has 3 aromatic carbocycles. The van der Waals surface area contributed by atoms with Crippen molar-refractivity contribution in [1.82, 2.24) is 19.2 Å². The van der Waals surface area contributed by atoms with Crippen molar-refractivity contribution in [1.29, 1.82) is 0 Å². The number of benzene rings is 3. The average molecular weight is 442 g/mol. The molecule has 5 rings (SSSR count). The first-order valence-corrected chi connectivity index (χ1v) is 10.6. The van der Waals surface area contributed by atoms with E-state index in [2.05, 4.69) is 39.8 Å². The highest BCUT2D eigenvalue weighted by molar-refractivity contribution is 6.31. The summed E-state index contributed by atoms with van der Waals surface area (Å²) in [4.78, 5) is 13.1. The van der Waals surface area contributed by atoms with E-state index in [1.165, 1.54) is 0 Å². The molecule has 0 aliphatic rings. The van der Waals surface area contributed by atoms with Crippen LogP contribution in [0.15, 0.2) is 90.0 Å². The summed E-state index contributed by atoms with van der Waals surface area (Å²) in [5, 5.41) is 12.3. The van der Waals surface area contributed by atoms with Gasteiger partial charge < -0.3 is 5.32 Å². The molecule has 0 saturated carbocycles. The predicted molar refractivity (Wildman–Crippen MR) is 128 cm³/mol. The van der Waals surface area contributed by atoms with Gasteiger partial charge in [-0.2, -0.15) is 0 Å². The Morgan fingerprint density at radius 3 is 2.53 bits per heavy atom. The minimum Gasteiger partial charge on any atom is -0.350 e. The molecule has 0 aliphatic carbocycles. The minimum absolute atomic E-state index is 0.241. The predicted octanol–water partition coefficient (Wildman–Crippen LogP) is 5.12. The van der Waals surface area contributed by atoms with Crippen LogP contribution in [0, 0.1) is 6.92 Å². The second-order valence-corrected chi connectivity index (χ2v) is 7.86. The molecule has 0 amide bonds. The zero-order valence-electron chi connectivity index (χ0n) is 17.4. The van der Waals surface area contributed by atoms with Crippen molar-refractivity contribution in [3.63, 3.8) is 0 Å². The molecule has 0 aliphatic heterocycles. The Kier molecular flexibility index (Phi) is 5.21. The van der Waals surface area contributed by atoms with E-state index in [0.29, 0.717) is 17.5 Å². The van der Waals surface area contributed by atoms with Crippen molar-refractivity contribution in [2.75, 3.05) is 5.32 Å². The molecule has 0 radical (unpaired) electrons. The maximum atomic E-state index is 13.1. The Morgan fingerprint density at radius 1 is 0.906 bits per heavy atom. The van der Waals surface area contributed by atoms with E-state index in [-0.39, 0.29) is 11.2 Å². The maximum absolute atomic E-state index is 13.1. The molecule has 5 aromatic rings. The standard InChI is InChI=1S/C25H20ClN5O/c1-17-21(26)12-7-13-22(17)30-14-15-31-23(24(30)32)28-29-25(31)27-16-19-10-5-6-11-20(19)18-8-3-2-4-9-18/h2-15H,16H2,1H3,(H,27,29). The van der Waals surface area contributed by atoms with Gasteiger partial charge in [0.15, 0.2) is 0 Å². The summed E-state index contributed by atoms with van der Waals surface area (Å²) < 4.78 is 3.21. The fourth-order valence-corrected chi connectivity index (χ4v) is 3.97. The third-order valence-corrected chi connectivity index (χ3v) is 5.92. The van der Waals surface area contributed by atoms with Crippen molar-refractivity contribution < 1.29 is 0 Å². The second-order valence-electron chi connectivity index (χ2n) is 7.45. The number of hydrogen-bond donors (Lipinski definition) is 1. The van der Waals surface area contributed by atoms with Gasteiger partial charge in [0.05, 0.1) is 5.69 Å². The summed E-state index contributed by atoms with van der Waals surface area (Å²) in [5.41, 5.74) is 4.95. The first kappa shape index (κ1) is 20.0. The van der Waals surface area contributed by atoms with Crippen molar-refractivity contribution in [3.8, 4) is 16.8 Å². The molecule has 0 spiro atoms. The van der Waals surface area contributed by atoms with Crippen LogP contribution in [-0.2, 0) is 6.54 Å². The summed E-state index contributed by atoms with van der Waals surface area (Å²) >= 11 is 6.24. The molecular formula is C25H20ClN5O. The number of hydrogen-bond acceptors (Lipinski definition) is 4. The van der Waals surface area contributed by atoms with Gasteiger partial charge in [0.25, 0.3) is 0 Å². The highest BCUT2D eigenvalue weighted by atomic mass is 35.5. The van der Waals surface area contributed by atoms with Crippen LogP contribution >= 0.6 is 11.6 Å². The number of nitrogens with zero attached hydrogens (tertiary/aromatic N) is 4. The number of rotatable bonds is 5. The normalized spacial score (nSPS) is 11.1. The quantitative estimate of drug-likeness (QED) is 0.411. The third-order valence-electron chi connectivity index (χ3n) is 5.51. The lowest BCUT2D eigenvalue weighted by molar-refractivity contribution is 0.939. The van der Waals surface area contributed by atoms with Gasteiger partial charge in [0.1, 0.15) is 0 Å². The summed E-state index contributed by atoms with van der Waals surface area (Å²) in [5.74, 6) is 0.509. The first-order chi connectivity index (χ1) is 15.6. The highest BCUT2D eigenvalue weighted by Gasteiger charge is 2.14. The van der Waals surface area contributed by atoms with Crippen molar-refractivity contribution in [2.24, 2.45) is 0 Å². The monoisotopic (exact) mass is 441 g/mol. The van der Waals surface area contributed by atoms with E-state index >= 15 is 0 Å². The lowest BCUT2D eigenvalue weighted by atomic mass is 10.00. The van der Waals surface area contributed by atoms with Gasteiger partial charge in [0.2, 0.25) is 11.6 Å². The summed E-state index contributed by atoms with van der Waals surface area (Å²) in [6, 6.07) is 23.9. The second kappa shape index (κ2) is 8.32. The van der Waals surface area contributed by atoms with E-state index in [1.807, 2.05) is 49.4 Å². The highest BCUT2D eigenvalue weighted by Crippen LogP contribution is 2.24. The molecular weight excluding hydrogens is 422 g/mol. The van der Waals surface area contributed by atoms with Crippen LogP contribution in [-0.4, -0.2) is 19.2 Å². The fraction of sp³-hybridized carbons (Fsp3) is 0.0800. The Labute approximate surface area is 189 Å². The lowest BCUT2D eigenvalue weighted by Crippen LogP contribution is -2.21. The number of halogens is 1. The molecule has 158 valence electrons. The van der Waals surface area contributed by atoms with E-state index in [0.717, 1.165) is 27.9 Å². The molecule has 0 fully saturated rings. The number of anilines is 1. The average Bonchev–Trinajstić information content (AvgIpc) is 3.25. The molecule has 2 heterocycles.